The highest BCUT2D eigenvalue weighted by molar-refractivity contribution is 6.64. The van der Waals surface area contributed by atoms with Crippen molar-refractivity contribution in [1.82, 2.24) is 0 Å². The predicted molar refractivity (Wildman–Crippen MR) is 66.7 cm³/mol. The zero-order valence-electron chi connectivity index (χ0n) is 10.4. The molecule has 0 saturated carbocycles. The number of halogens is 4. The van der Waals surface area contributed by atoms with Gasteiger partial charge in [-0.3, -0.25) is 9.69 Å². The minimum Gasteiger partial charge on any atom is -0.449 e. The lowest BCUT2D eigenvalue weighted by atomic mass is 10.2. The van der Waals surface area contributed by atoms with Crippen LogP contribution in [0.4, 0.5) is 23.7 Å². The fourth-order valence-electron chi connectivity index (χ4n) is 1.44. The van der Waals surface area contributed by atoms with E-state index in [4.69, 9.17) is 11.6 Å². The summed E-state index contributed by atoms with van der Waals surface area (Å²) in [6.45, 7) is 0.969. The number of hydrogen-bond donors (Lipinski definition) is 0. The number of ether oxygens (including phenoxy) is 1. The molecule has 0 spiro atoms. The van der Waals surface area contributed by atoms with Crippen molar-refractivity contribution in [2.45, 2.75) is 13.1 Å². The maximum absolute atomic E-state index is 12.6. The number of alkyl halides is 3. The lowest BCUT2D eigenvalue weighted by molar-refractivity contribution is -0.137. The second-order valence-electron chi connectivity index (χ2n) is 3.69. The number of carbonyl (C=O) groups is 2. The first-order valence-corrected chi connectivity index (χ1v) is 5.93. The Bertz CT molecular complexity index is 505. The van der Waals surface area contributed by atoms with Crippen LogP contribution in [0.15, 0.2) is 24.3 Å². The normalized spacial score (nSPS) is 11.1. The Morgan fingerprint density at radius 2 is 2.00 bits per heavy atom. The molecule has 110 valence electrons. The van der Waals surface area contributed by atoms with Crippen LogP contribution in [-0.2, 0) is 15.7 Å². The Morgan fingerprint density at radius 1 is 1.35 bits per heavy atom. The van der Waals surface area contributed by atoms with E-state index < -0.39 is 29.6 Å². The molecule has 1 rings (SSSR count). The molecule has 8 heteroatoms. The van der Waals surface area contributed by atoms with E-state index in [0.717, 1.165) is 23.1 Å². The molecule has 0 atom stereocenters. The van der Waals surface area contributed by atoms with Gasteiger partial charge in [-0.2, -0.15) is 13.2 Å². The van der Waals surface area contributed by atoms with Gasteiger partial charge in [0.05, 0.1) is 12.2 Å². The summed E-state index contributed by atoms with van der Waals surface area (Å²) >= 11 is 5.19. The van der Waals surface area contributed by atoms with E-state index in [0.29, 0.717) is 0 Å². The topological polar surface area (TPSA) is 46.6 Å². The monoisotopic (exact) mass is 309 g/mol. The molecular weight excluding hydrogens is 299 g/mol. The molecule has 0 aromatic heterocycles. The number of amides is 1. The van der Waals surface area contributed by atoms with Crippen molar-refractivity contribution in [3.8, 4) is 0 Å². The smallest absolute Gasteiger partial charge is 0.416 e. The molecule has 1 amide bonds. The number of anilines is 1. The van der Waals surface area contributed by atoms with Crippen molar-refractivity contribution >= 4 is 28.6 Å². The number of rotatable bonds is 4. The van der Waals surface area contributed by atoms with E-state index in [1.54, 1.807) is 0 Å². The summed E-state index contributed by atoms with van der Waals surface area (Å²) in [5.41, 5.74) is -1.06. The molecule has 1 aromatic carbocycles. The van der Waals surface area contributed by atoms with Crippen molar-refractivity contribution in [1.29, 1.82) is 0 Å². The van der Waals surface area contributed by atoms with Gasteiger partial charge in [0.25, 0.3) is 0 Å². The van der Waals surface area contributed by atoms with Crippen LogP contribution in [0.5, 0.6) is 0 Å². The van der Waals surface area contributed by atoms with Crippen LogP contribution < -0.4 is 4.90 Å². The quantitative estimate of drug-likeness (QED) is 0.800. The minimum atomic E-state index is -4.55. The maximum Gasteiger partial charge on any atom is 0.416 e. The summed E-state index contributed by atoms with van der Waals surface area (Å²) in [5.74, 6) is 0. The highest BCUT2D eigenvalue weighted by atomic mass is 35.5. The molecule has 0 fully saturated rings. The molecule has 0 N–H and O–H groups in total. The molecule has 1 aromatic rings. The minimum absolute atomic E-state index is 0.0186. The van der Waals surface area contributed by atoms with Crippen LogP contribution in [0.3, 0.4) is 0 Å². The highest BCUT2D eigenvalue weighted by Crippen LogP contribution is 2.31. The third-order valence-electron chi connectivity index (χ3n) is 2.26. The third-order valence-corrected chi connectivity index (χ3v) is 2.38. The molecule has 4 nitrogen and oxygen atoms in total. The first-order chi connectivity index (χ1) is 9.25. The van der Waals surface area contributed by atoms with Gasteiger partial charge in [-0.05, 0) is 36.7 Å². The zero-order chi connectivity index (χ0) is 15.3. The molecule has 0 aliphatic carbocycles. The maximum atomic E-state index is 12.6. The summed E-state index contributed by atoms with van der Waals surface area (Å²) in [6.07, 6.45) is -5.50. The summed E-state index contributed by atoms with van der Waals surface area (Å²) in [4.78, 5) is 23.3. The van der Waals surface area contributed by atoms with Crippen molar-refractivity contribution < 1.29 is 27.5 Å². The van der Waals surface area contributed by atoms with Gasteiger partial charge in [0.2, 0.25) is 5.24 Å². The van der Waals surface area contributed by atoms with Gasteiger partial charge in [-0.25, -0.2) is 4.79 Å². The molecule has 0 aliphatic heterocycles. The molecule has 20 heavy (non-hydrogen) atoms. The Kier molecular flexibility index (Phi) is 5.38. The second-order valence-corrected chi connectivity index (χ2v) is 4.11. The Hall–Kier alpha value is -1.76. The first kappa shape index (κ1) is 16.3. The lowest BCUT2D eigenvalue weighted by Gasteiger charge is -2.21. The molecule has 0 heterocycles. The average molecular weight is 310 g/mol. The molecule has 0 bridgehead atoms. The van der Waals surface area contributed by atoms with Gasteiger partial charge in [-0.1, -0.05) is 6.07 Å². The number of benzene rings is 1. The standard InChI is InChI=1S/C12H11ClF3NO3/c1-2-20-11(19)17(7-10(13)18)9-5-3-4-8(6-9)12(14,15)16/h3-6H,2,7H2,1H3. The van der Waals surface area contributed by atoms with E-state index in [-0.39, 0.29) is 12.3 Å². The third kappa shape index (κ3) is 4.41. The summed E-state index contributed by atoms with van der Waals surface area (Å²) in [6, 6.07) is 3.99. The first-order valence-electron chi connectivity index (χ1n) is 5.55. The second kappa shape index (κ2) is 6.60. The predicted octanol–water partition coefficient (Wildman–Crippen LogP) is 3.43. The molecule has 0 aliphatic rings. The molecule has 0 radical (unpaired) electrons. The summed E-state index contributed by atoms with van der Waals surface area (Å²) in [7, 11) is 0. The molecular formula is C12H11ClF3NO3. The van der Waals surface area contributed by atoms with E-state index in [1.165, 1.54) is 13.0 Å². The van der Waals surface area contributed by atoms with Gasteiger partial charge >= 0.3 is 12.3 Å². The van der Waals surface area contributed by atoms with Crippen molar-refractivity contribution in [3.05, 3.63) is 29.8 Å². The van der Waals surface area contributed by atoms with Gasteiger partial charge in [0.15, 0.2) is 0 Å². The Balaban J connectivity index is 3.13. The van der Waals surface area contributed by atoms with Crippen LogP contribution in [0.1, 0.15) is 12.5 Å². The van der Waals surface area contributed by atoms with E-state index in [9.17, 15) is 22.8 Å². The van der Waals surface area contributed by atoms with Gasteiger partial charge in [0.1, 0.15) is 6.54 Å². The van der Waals surface area contributed by atoms with Crippen LogP contribution in [-0.4, -0.2) is 24.5 Å². The van der Waals surface area contributed by atoms with Crippen LogP contribution in [0.2, 0.25) is 0 Å². The van der Waals surface area contributed by atoms with E-state index in [2.05, 4.69) is 4.74 Å². The van der Waals surface area contributed by atoms with Crippen LogP contribution >= 0.6 is 11.6 Å². The SMILES string of the molecule is CCOC(=O)N(CC(=O)Cl)c1cccc(C(F)(F)F)c1. The number of nitrogens with zero attached hydrogens (tertiary/aromatic N) is 1. The van der Waals surface area contributed by atoms with Crippen molar-refractivity contribution in [2.24, 2.45) is 0 Å². The zero-order valence-corrected chi connectivity index (χ0v) is 11.2. The number of carbonyl (C=O) groups excluding carboxylic acids is 2. The van der Waals surface area contributed by atoms with E-state index >= 15 is 0 Å². The van der Waals surface area contributed by atoms with Gasteiger partial charge < -0.3 is 4.74 Å². The van der Waals surface area contributed by atoms with E-state index in [1.807, 2.05) is 0 Å². The Labute approximate surface area is 118 Å². The Morgan fingerprint density at radius 3 is 2.50 bits per heavy atom. The van der Waals surface area contributed by atoms with Gasteiger partial charge in [-0.15, -0.1) is 0 Å². The number of hydrogen-bond acceptors (Lipinski definition) is 3. The fraction of sp³-hybridized carbons (Fsp3) is 0.333. The van der Waals surface area contributed by atoms with Crippen LogP contribution in [0.25, 0.3) is 0 Å². The van der Waals surface area contributed by atoms with Crippen molar-refractivity contribution in [3.63, 3.8) is 0 Å². The fourth-order valence-corrected chi connectivity index (χ4v) is 1.56. The lowest BCUT2D eigenvalue weighted by Crippen LogP contribution is -2.35. The molecule has 0 saturated heterocycles. The largest absolute Gasteiger partial charge is 0.449 e. The van der Waals surface area contributed by atoms with Gasteiger partial charge in [0, 0.05) is 5.69 Å². The van der Waals surface area contributed by atoms with Crippen molar-refractivity contribution in [2.75, 3.05) is 18.1 Å². The van der Waals surface area contributed by atoms with Crippen LogP contribution in [0, 0.1) is 0 Å². The highest BCUT2D eigenvalue weighted by Gasteiger charge is 2.31. The average Bonchev–Trinajstić information content (AvgIpc) is 2.35. The summed E-state index contributed by atoms with van der Waals surface area (Å²) in [5, 5.41) is -0.893. The molecule has 0 unspecified atom stereocenters. The summed E-state index contributed by atoms with van der Waals surface area (Å²) < 4.78 is 42.5.